The lowest BCUT2D eigenvalue weighted by Crippen LogP contribution is -2.24. The van der Waals surface area contributed by atoms with Crippen LogP contribution >= 0.6 is 27.3 Å². The Morgan fingerprint density at radius 3 is 2.95 bits per heavy atom. The number of hydrogen-bond acceptors (Lipinski definition) is 4. The van der Waals surface area contributed by atoms with Crippen molar-refractivity contribution >= 4 is 27.3 Å². The van der Waals surface area contributed by atoms with Crippen LogP contribution in [0.4, 0.5) is 0 Å². The molecular formula is C14H16BrN3S. The van der Waals surface area contributed by atoms with Gasteiger partial charge in [-0.15, -0.1) is 11.3 Å². The van der Waals surface area contributed by atoms with Gasteiger partial charge in [-0.05, 0) is 72.3 Å². The van der Waals surface area contributed by atoms with E-state index in [-0.39, 0.29) is 0 Å². The minimum atomic E-state index is 0.594. The first-order valence-electron chi connectivity index (χ1n) is 6.49. The number of aromatic nitrogens is 2. The number of nitrogens with zero attached hydrogens (tertiary/aromatic N) is 2. The van der Waals surface area contributed by atoms with Crippen molar-refractivity contribution in [2.24, 2.45) is 11.7 Å². The minimum Gasteiger partial charge on any atom is -0.330 e. The van der Waals surface area contributed by atoms with Crippen LogP contribution in [0.15, 0.2) is 15.9 Å². The zero-order chi connectivity index (χ0) is 13.4. The Morgan fingerprint density at radius 2 is 2.26 bits per heavy atom. The van der Waals surface area contributed by atoms with Crippen molar-refractivity contribution in [2.45, 2.75) is 26.2 Å². The van der Waals surface area contributed by atoms with Gasteiger partial charge in [0.2, 0.25) is 0 Å². The first-order valence-corrected chi connectivity index (χ1v) is 8.10. The van der Waals surface area contributed by atoms with E-state index in [1.54, 1.807) is 11.3 Å². The molecule has 0 radical (unpaired) electrons. The highest BCUT2D eigenvalue weighted by Crippen LogP contribution is 2.32. The first-order chi connectivity index (χ1) is 9.17. The highest BCUT2D eigenvalue weighted by molar-refractivity contribution is 9.11. The summed E-state index contributed by atoms with van der Waals surface area (Å²) in [4.78, 5) is 10.6. The van der Waals surface area contributed by atoms with Crippen LogP contribution in [0.5, 0.6) is 0 Å². The molecule has 1 atom stereocenters. The lowest BCUT2D eigenvalue weighted by molar-refractivity contribution is 0.460. The van der Waals surface area contributed by atoms with Crippen molar-refractivity contribution in [2.75, 3.05) is 6.54 Å². The molecule has 0 aromatic carbocycles. The molecule has 0 saturated carbocycles. The average Bonchev–Trinajstić information content (AvgIpc) is 2.85. The second-order valence-electron chi connectivity index (χ2n) is 5.01. The zero-order valence-electron chi connectivity index (χ0n) is 10.8. The Bertz CT molecular complexity index is 609. The van der Waals surface area contributed by atoms with Gasteiger partial charge in [-0.3, -0.25) is 0 Å². The SMILES string of the molecule is Cc1nc(-c2ccc(Br)s2)nc2c1CC(CN)CC2. The maximum Gasteiger partial charge on any atom is 0.169 e. The molecule has 3 nitrogen and oxygen atoms in total. The lowest BCUT2D eigenvalue weighted by atomic mass is 9.86. The van der Waals surface area contributed by atoms with Crippen molar-refractivity contribution in [1.29, 1.82) is 0 Å². The van der Waals surface area contributed by atoms with E-state index >= 15 is 0 Å². The molecule has 0 aliphatic heterocycles. The van der Waals surface area contributed by atoms with Gasteiger partial charge in [0.1, 0.15) is 0 Å². The molecule has 0 saturated heterocycles. The Hall–Kier alpha value is -0.780. The molecule has 0 fully saturated rings. The average molecular weight is 338 g/mol. The predicted octanol–water partition coefficient (Wildman–Crippen LogP) is 3.34. The van der Waals surface area contributed by atoms with Crippen LogP contribution in [0.3, 0.4) is 0 Å². The smallest absolute Gasteiger partial charge is 0.169 e. The van der Waals surface area contributed by atoms with E-state index < -0.39 is 0 Å². The number of rotatable bonds is 2. The van der Waals surface area contributed by atoms with Crippen molar-refractivity contribution in [3.8, 4) is 10.7 Å². The molecule has 0 spiro atoms. The quantitative estimate of drug-likeness (QED) is 0.914. The van der Waals surface area contributed by atoms with Gasteiger partial charge in [-0.2, -0.15) is 0 Å². The number of halogens is 1. The lowest BCUT2D eigenvalue weighted by Gasteiger charge is -2.24. The molecule has 2 aromatic heterocycles. The van der Waals surface area contributed by atoms with E-state index in [1.165, 1.54) is 11.3 Å². The monoisotopic (exact) mass is 337 g/mol. The van der Waals surface area contributed by atoms with Gasteiger partial charge in [0.15, 0.2) is 5.82 Å². The molecule has 19 heavy (non-hydrogen) atoms. The van der Waals surface area contributed by atoms with Gasteiger partial charge in [0.05, 0.1) is 8.66 Å². The van der Waals surface area contributed by atoms with E-state index in [0.717, 1.165) is 46.0 Å². The Labute approximate surface area is 125 Å². The number of thiophene rings is 1. The fourth-order valence-corrected chi connectivity index (χ4v) is 3.93. The van der Waals surface area contributed by atoms with E-state index in [0.29, 0.717) is 5.92 Å². The number of hydrogen-bond donors (Lipinski definition) is 1. The fourth-order valence-electron chi connectivity index (χ4n) is 2.61. The zero-order valence-corrected chi connectivity index (χ0v) is 13.2. The molecular weight excluding hydrogens is 322 g/mol. The van der Waals surface area contributed by atoms with E-state index in [2.05, 4.69) is 33.9 Å². The summed E-state index contributed by atoms with van der Waals surface area (Å²) < 4.78 is 1.12. The topological polar surface area (TPSA) is 51.8 Å². The molecule has 2 heterocycles. The summed E-state index contributed by atoms with van der Waals surface area (Å²) in [7, 11) is 0. The molecule has 1 aliphatic carbocycles. The summed E-state index contributed by atoms with van der Waals surface area (Å²) in [5.74, 6) is 1.45. The van der Waals surface area contributed by atoms with E-state index in [1.807, 2.05) is 6.07 Å². The van der Waals surface area contributed by atoms with Crippen LogP contribution in [0.2, 0.25) is 0 Å². The van der Waals surface area contributed by atoms with Crippen molar-refractivity contribution in [3.63, 3.8) is 0 Å². The molecule has 3 rings (SSSR count). The number of nitrogens with two attached hydrogens (primary N) is 1. The normalized spacial score (nSPS) is 18.4. The van der Waals surface area contributed by atoms with Gasteiger partial charge in [-0.1, -0.05) is 0 Å². The van der Waals surface area contributed by atoms with Gasteiger partial charge in [0, 0.05) is 11.4 Å². The maximum atomic E-state index is 5.79. The molecule has 1 aliphatic rings. The van der Waals surface area contributed by atoms with Crippen LogP contribution in [-0.2, 0) is 12.8 Å². The molecule has 2 N–H and O–H groups in total. The van der Waals surface area contributed by atoms with Crippen molar-refractivity contribution < 1.29 is 0 Å². The second kappa shape index (κ2) is 5.31. The fraction of sp³-hybridized carbons (Fsp3) is 0.429. The van der Waals surface area contributed by atoms with Gasteiger partial charge < -0.3 is 5.73 Å². The van der Waals surface area contributed by atoms with E-state index in [4.69, 9.17) is 10.7 Å². The van der Waals surface area contributed by atoms with Crippen LogP contribution in [0, 0.1) is 12.8 Å². The van der Waals surface area contributed by atoms with Crippen LogP contribution < -0.4 is 5.73 Å². The third kappa shape index (κ3) is 2.59. The molecule has 100 valence electrons. The third-order valence-electron chi connectivity index (χ3n) is 3.71. The number of fused-ring (bicyclic) bond motifs is 1. The highest BCUT2D eigenvalue weighted by Gasteiger charge is 2.22. The highest BCUT2D eigenvalue weighted by atomic mass is 79.9. The molecule has 0 amide bonds. The largest absolute Gasteiger partial charge is 0.330 e. The minimum absolute atomic E-state index is 0.594. The summed E-state index contributed by atoms with van der Waals surface area (Å²) in [5.41, 5.74) is 9.44. The Morgan fingerprint density at radius 1 is 1.42 bits per heavy atom. The summed E-state index contributed by atoms with van der Waals surface area (Å²) in [5, 5.41) is 0. The van der Waals surface area contributed by atoms with Crippen LogP contribution in [-0.4, -0.2) is 16.5 Å². The standard InChI is InChI=1S/C14H16BrN3S/c1-8-10-6-9(7-16)2-3-11(10)18-14(17-8)12-4-5-13(15)19-12/h4-5,9H,2-3,6-7,16H2,1H3. The summed E-state index contributed by atoms with van der Waals surface area (Å²) in [6, 6.07) is 4.12. The summed E-state index contributed by atoms with van der Waals surface area (Å²) in [6.07, 6.45) is 3.21. The summed E-state index contributed by atoms with van der Waals surface area (Å²) >= 11 is 5.17. The molecule has 5 heteroatoms. The summed E-state index contributed by atoms with van der Waals surface area (Å²) in [6.45, 7) is 2.85. The Balaban J connectivity index is 2.01. The van der Waals surface area contributed by atoms with Gasteiger partial charge >= 0.3 is 0 Å². The molecule has 1 unspecified atom stereocenters. The van der Waals surface area contributed by atoms with Gasteiger partial charge in [0.25, 0.3) is 0 Å². The predicted molar refractivity (Wildman–Crippen MR) is 82.4 cm³/mol. The van der Waals surface area contributed by atoms with Crippen LogP contribution in [0.1, 0.15) is 23.4 Å². The van der Waals surface area contributed by atoms with E-state index in [9.17, 15) is 0 Å². The second-order valence-corrected chi connectivity index (χ2v) is 7.47. The molecule has 2 aromatic rings. The van der Waals surface area contributed by atoms with Gasteiger partial charge in [-0.25, -0.2) is 9.97 Å². The maximum absolute atomic E-state index is 5.79. The first kappa shape index (κ1) is 13.2. The Kier molecular flexibility index (Phi) is 3.69. The number of aryl methyl sites for hydroxylation is 2. The van der Waals surface area contributed by atoms with Crippen LogP contribution in [0.25, 0.3) is 10.7 Å². The third-order valence-corrected chi connectivity index (χ3v) is 5.33. The molecule has 0 bridgehead atoms. The van der Waals surface area contributed by atoms with Crippen molar-refractivity contribution in [1.82, 2.24) is 9.97 Å². The van der Waals surface area contributed by atoms with Crippen molar-refractivity contribution in [3.05, 3.63) is 32.9 Å².